The van der Waals surface area contributed by atoms with Crippen LogP contribution in [0.25, 0.3) is 22.2 Å². The highest BCUT2D eigenvalue weighted by molar-refractivity contribution is 5.89. The molecule has 2 nitrogen and oxygen atoms in total. The third-order valence-electron chi connectivity index (χ3n) is 3.60. The van der Waals surface area contributed by atoms with Crippen molar-refractivity contribution in [3.05, 3.63) is 60.2 Å². The summed E-state index contributed by atoms with van der Waals surface area (Å²) >= 11 is 0. The minimum absolute atomic E-state index is 0.755. The molecule has 0 N–H and O–H groups in total. The zero-order chi connectivity index (χ0) is 12.7. The van der Waals surface area contributed by atoms with E-state index < -0.39 is 0 Å². The highest BCUT2D eigenvalue weighted by Gasteiger charge is 2.21. The number of pyridine rings is 1. The number of aromatic nitrogens is 1. The Balaban J connectivity index is 2.07. The first-order valence-electron chi connectivity index (χ1n) is 6.53. The zero-order valence-corrected chi connectivity index (χ0v) is 10.5. The van der Waals surface area contributed by atoms with Crippen molar-refractivity contribution in [2.75, 3.05) is 6.61 Å². The summed E-state index contributed by atoms with van der Waals surface area (Å²) in [5, 5.41) is 1.22. The van der Waals surface area contributed by atoms with Gasteiger partial charge in [0.05, 0.1) is 12.1 Å². The predicted octanol–water partition coefficient (Wildman–Crippen LogP) is 3.84. The minimum Gasteiger partial charge on any atom is -0.491 e. The number of hydrogen-bond donors (Lipinski definition) is 0. The Kier molecular flexibility index (Phi) is 2.27. The first-order valence-corrected chi connectivity index (χ1v) is 6.53. The first kappa shape index (κ1) is 10.6. The van der Waals surface area contributed by atoms with Gasteiger partial charge in [-0.1, -0.05) is 48.5 Å². The summed E-state index contributed by atoms with van der Waals surface area (Å²) in [5.74, 6) is 0.963. The molecule has 0 atom stereocenters. The smallest absolute Gasteiger partial charge is 0.149 e. The van der Waals surface area contributed by atoms with Crippen molar-refractivity contribution in [1.29, 1.82) is 0 Å². The summed E-state index contributed by atoms with van der Waals surface area (Å²) in [6.07, 6.45) is 0.970. The second-order valence-electron chi connectivity index (χ2n) is 4.75. The Bertz CT molecular complexity index is 750. The second-order valence-corrected chi connectivity index (χ2v) is 4.75. The summed E-state index contributed by atoms with van der Waals surface area (Å²) < 4.78 is 5.83. The monoisotopic (exact) mass is 247 g/mol. The molecule has 3 aromatic rings. The van der Waals surface area contributed by atoms with Crippen LogP contribution in [0.2, 0.25) is 0 Å². The van der Waals surface area contributed by atoms with E-state index in [-0.39, 0.29) is 0 Å². The van der Waals surface area contributed by atoms with Gasteiger partial charge in [0.25, 0.3) is 0 Å². The highest BCUT2D eigenvalue weighted by atomic mass is 16.5. The first-order chi connectivity index (χ1) is 9.43. The summed E-state index contributed by atoms with van der Waals surface area (Å²) in [5.41, 5.74) is 4.42. The van der Waals surface area contributed by atoms with Crippen LogP contribution in [0.3, 0.4) is 0 Å². The molecule has 1 aromatic heterocycles. The standard InChI is InChI=1S/C17H13NO/c1-2-6-12(7-3-1)16-17-14(10-11-19-17)13-8-4-5-9-15(13)18-16/h1-9H,10-11H2. The van der Waals surface area contributed by atoms with Crippen molar-refractivity contribution < 1.29 is 4.74 Å². The topological polar surface area (TPSA) is 22.1 Å². The van der Waals surface area contributed by atoms with Crippen LogP contribution >= 0.6 is 0 Å². The number of benzene rings is 2. The van der Waals surface area contributed by atoms with E-state index >= 15 is 0 Å². The molecule has 2 heterocycles. The molecule has 92 valence electrons. The molecule has 19 heavy (non-hydrogen) atoms. The van der Waals surface area contributed by atoms with Gasteiger partial charge in [0.2, 0.25) is 0 Å². The van der Waals surface area contributed by atoms with E-state index in [1.807, 2.05) is 24.3 Å². The molecule has 0 unspecified atom stereocenters. The van der Waals surface area contributed by atoms with Gasteiger partial charge in [0.15, 0.2) is 0 Å². The SMILES string of the molecule is c1ccc(-c2nc3ccccc3c3c2OCC3)cc1. The van der Waals surface area contributed by atoms with Crippen LogP contribution in [0.15, 0.2) is 54.6 Å². The second kappa shape index (κ2) is 4.09. The molecular weight excluding hydrogens is 234 g/mol. The highest BCUT2D eigenvalue weighted by Crippen LogP contribution is 2.39. The number of fused-ring (bicyclic) bond motifs is 3. The van der Waals surface area contributed by atoms with Crippen molar-refractivity contribution in [3.8, 4) is 17.0 Å². The Morgan fingerprint density at radius 2 is 1.68 bits per heavy atom. The lowest BCUT2D eigenvalue weighted by molar-refractivity contribution is 0.357. The molecular formula is C17H13NO. The molecule has 0 saturated carbocycles. The minimum atomic E-state index is 0.755. The Morgan fingerprint density at radius 1 is 0.895 bits per heavy atom. The predicted molar refractivity (Wildman–Crippen MR) is 76.4 cm³/mol. The van der Waals surface area contributed by atoms with E-state index in [9.17, 15) is 0 Å². The molecule has 0 saturated heterocycles. The molecule has 1 aliphatic rings. The van der Waals surface area contributed by atoms with E-state index in [0.717, 1.165) is 35.6 Å². The van der Waals surface area contributed by atoms with Gasteiger partial charge in [0, 0.05) is 22.9 Å². The summed E-state index contributed by atoms with van der Waals surface area (Å²) in [4.78, 5) is 4.79. The zero-order valence-electron chi connectivity index (χ0n) is 10.5. The number of nitrogens with zero attached hydrogens (tertiary/aromatic N) is 1. The lowest BCUT2D eigenvalue weighted by Gasteiger charge is -2.10. The van der Waals surface area contributed by atoms with Gasteiger partial charge in [-0.3, -0.25) is 0 Å². The van der Waals surface area contributed by atoms with Gasteiger partial charge in [-0.05, 0) is 6.07 Å². The van der Waals surface area contributed by atoms with Crippen LogP contribution in [-0.2, 0) is 6.42 Å². The van der Waals surface area contributed by atoms with E-state index in [1.165, 1.54) is 10.9 Å². The number of ether oxygens (including phenoxy) is 1. The normalized spacial score (nSPS) is 13.3. The molecule has 0 bridgehead atoms. The van der Waals surface area contributed by atoms with Crippen LogP contribution in [0, 0.1) is 0 Å². The van der Waals surface area contributed by atoms with Crippen molar-refractivity contribution in [2.45, 2.75) is 6.42 Å². The third-order valence-corrected chi connectivity index (χ3v) is 3.60. The molecule has 0 radical (unpaired) electrons. The quantitative estimate of drug-likeness (QED) is 0.652. The van der Waals surface area contributed by atoms with Crippen molar-refractivity contribution in [2.24, 2.45) is 0 Å². The van der Waals surface area contributed by atoms with E-state index in [2.05, 4.69) is 30.3 Å². The van der Waals surface area contributed by atoms with Crippen LogP contribution in [0.5, 0.6) is 5.75 Å². The van der Waals surface area contributed by atoms with Crippen LogP contribution in [0.4, 0.5) is 0 Å². The van der Waals surface area contributed by atoms with Crippen molar-refractivity contribution >= 4 is 10.9 Å². The fraction of sp³-hybridized carbons (Fsp3) is 0.118. The molecule has 2 aromatic carbocycles. The third kappa shape index (κ3) is 1.60. The van der Waals surface area contributed by atoms with Gasteiger partial charge in [0.1, 0.15) is 11.4 Å². The van der Waals surface area contributed by atoms with Crippen molar-refractivity contribution in [1.82, 2.24) is 4.98 Å². The number of para-hydroxylation sites is 1. The summed E-state index contributed by atoms with van der Waals surface area (Å²) in [6, 6.07) is 18.5. The van der Waals surface area contributed by atoms with E-state index in [1.54, 1.807) is 0 Å². The lowest BCUT2D eigenvalue weighted by atomic mass is 10.0. The van der Waals surface area contributed by atoms with E-state index in [4.69, 9.17) is 9.72 Å². The van der Waals surface area contributed by atoms with Gasteiger partial charge < -0.3 is 4.74 Å². The Morgan fingerprint density at radius 3 is 2.58 bits per heavy atom. The van der Waals surface area contributed by atoms with Gasteiger partial charge in [-0.15, -0.1) is 0 Å². The van der Waals surface area contributed by atoms with Crippen LogP contribution in [-0.4, -0.2) is 11.6 Å². The van der Waals surface area contributed by atoms with Gasteiger partial charge in [-0.25, -0.2) is 4.98 Å². The maximum atomic E-state index is 5.83. The summed E-state index contributed by atoms with van der Waals surface area (Å²) in [7, 11) is 0. The average molecular weight is 247 g/mol. The molecule has 0 fully saturated rings. The van der Waals surface area contributed by atoms with E-state index in [0.29, 0.717) is 0 Å². The average Bonchev–Trinajstić information content (AvgIpc) is 2.97. The number of rotatable bonds is 1. The maximum Gasteiger partial charge on any atom is 0.149 e. The largest absolute Gasteiger partial charge is 0.491 e. The molecule has 0 amide bonds. The lowest BCUT2D eigenvalue weighted by Crippen LogP contribution is -1.92. The summed E-state index contributed by atoms with van der Waals surface area (Å²) in [6.45, 7) is 0.755. The molecule has 1 aliphatic heterocycles. The molecule has 4 rings (SSSR count). The molecule has 2 heteroatoms. The van der Waals surface area contributed by atoms with Gasteiger partial charge >= 0.3 is 0 Å². The molecule has 0 spiro atoms. The van der Waals surface area contributed by atoms with Crippen molar-refractivity contribution in [3.63, 3.8) is 0 Å². The van der Waals surface area contributed by atoms with Gasteiger partial charge in [-0.2, -0.15) is 0 Å². The molecule has 0 aliphatic carbocycles. The Hall–Kier alpha value is -2.35. The Labute approximate surface area is 111 Å². The fourth-order valence-corrected chi connectivity index (χ4v) is 2.71. The maximum absolute atomic E-state index is 5.83. The number of hydrogen-bond acceptors (Lipinski definition) is 2. The van der Waals surface area contributed by atoms with Crippen LogP contribution in [0.1, 0.15) is 5.56 Å². The fourth-order valence-electron chi connectivity index (χ4n) is 2.71. The van der Waals surface area contributed by atoms with Crippen LogP contribution < -0.4 is 4.74 Å².